The Morgan fingerprint density at radius 1 is 1.27 bits per heavy atom. The van der Waals surface area contributed by atoms with E-state index < -0.39 is 0 Å². The van der Waals surface area contributed by atoms with Gasteiger partial charge in [0.2, 0.25) is 5.91 Å². The Morgan fingerprint density at radius 3 is 2.73 bits per heavy atom. The van der Waals surface area contributed by atoms with Crippen LogP contribution in [0.25, 0.3) is 0 Å². The Labute approximate surface area is 153 Å². The lowest BCUT2D eigenvalue weighted by Gasteiger charge is -2.35. The van der Waals surface area contributed by atoms with Crippen molar-refractivity contribution in [1.82, 2.24) is 29.8 Å². The molecule has 2 aromatic heterocycles. The van der Waals surface area contributed by atoms with Crippen LogP contribution in [-0.2, 0) is 18.4 Å². The van der Waals surface area contributed by atoms with E-state index in [-0.39, 0.29) is 5.91 Å². The van der Waals surface area contributed by atoms with E-state index in [1.54, 1.807) is 15.8 Å². The average Bonchev–Trinajstić information content (AvgIpc) is 3.22. The minimum Gasteiger partial charge on any atom is -0.357 e. The Kier molecular flexibility index (Phi) is 5.55. The van der Waals surface area contributed by atoms with Crippen LogP contribution in [0.15, 0.2) is 29.8 Å². The smallest absolute Gasteiger partial charge is 0.246 e. The van der Waals surface area contributed by atoms with Gasteiger partial charge in [-0.15, -0.1) is 0 Å². The van der Waals surface area contributed by atoms with Crippen molar-refractivity contribution in [2.75, 3.05) is 37.6 Å². The molecule has 0 aromatic carbocycles. The lowest BCUT2D eigenvalue weighted by atomic mass is 10.3. The highest BCUT2D eigenvalue weighted by molar-refractivity contribution is 5.98. The van der Waals surface area contributed by atoms with Crippen LogP contribution in [0.4, 0.5) is 5.69 Å². The van der Waals surface area contributed by atoms with Crippen molar-refractivity contribution in [3.05, 3.63) is 30.4 Å². The molecule has 1 aliphatic heterocycles. The minimum atomic E-state index is 0.0533. The summed E-state index contributed by atoms with van der Waals surface area (Å²) >= 11 is 0. The van der Waals surface area contributed by atoms with Crippen molar-refractivity contribution in [1.29, 1.82) is 0 Å². The first-order valence-corrected chi connectivity index (χ1v) is 8.88. The Balaban J connectivity index is 1.61. The standard InChI is InChI=1S/C17H26N8O/c1-4-18-17(19-5-6-24-11-14(2)9-21-24)23-7-8-25(16(26)13-23)15-10-20-22(3)12-15/h9-12H,4-8,13H2,1-3H3,(H,18,19). The number of aromatic nitrogens is 4. The molecule has 0 saturated carbocycles. The number of carbonyl (C=O) groups excluding carboxylic acids is 1. The molecule has 1 N–H and O–H groups in total. The Bertz CT molecular complexity index is 777. The van der Waals surface area contributed by atoms with E-state index in [2.05, 4.69) is 20.5 Å². The van der Waals surface area contributed by atoms with Crippen LogP contribution in [0.5, 0.6) is 0 Å². The second kappa shape index (κ2) is 8.03. The first kappa shape index (κ1) is 18.0. The van der Waals surface area contributed by atoms with Crippen LogP contribution < -0.4 is 10.2 Å². The van der Waals surface area contributed by atoms with Gasteiger partial charge in [0.25, 0.3) is 0 Å². The third-order valence-corrected chi connectivity index (χ3v) is 4.21. The van der Waals surface area contributed by atoms with Crippen molar-refractivity contribution < 1.29 is 4.79 Å². The molecule has 0 radical (unpaired) electrons. The van der Waals surface area contributed by atoms with Crippen LogP contribution in [0.3, 0.4) is 0 Å². The molecule has 0 spiro atoms. The number of guanidine groups is 1. The van der Waals surface area contributed by atoms with E-state index in [0.717, 1.165) is 30.3 Å². The Morgan fingerprint density at radius 2 is 2.12 bits per heavy atom. The molecular weight excluding hydrogens is 332 g/mol. The quantitative estimate of drug-likeness (QED) is 0.611. The maximum Gasteiger partial charge on any atom is 0.246 e. The number of hydrogen-bond acceptors (Lipinski definition) is 4. The highest BCUT2D eigenvalue weighted by Crippen LogP contribution is 2.16. The molecular formula is C17H26N8O. The maximum absolute atomic E-state index is 12.6. The summed E-state index contributed by atoms with van der Waals surface area (Å²) < 4.78 is 3.59. The predicted octanol–water partition coefficient (Wildman–Crippen LogP) is 0.239. The second-order valence-corrected chi connectivity index (χ2v) is 6.36. The average molecular weight is 358 g/mol. The fourth-order valence-electron chi connectivity index (χ4n) is 2.95. The maximum atomic E-state index is 12.6. The fourth-order valence-corrected chi connectivity index (χ4v) is 2.95. The number of amides is 1. The number of anilines is 1. The van der Waals surface area contributed by atoms with Crippen LogP contribution in [0.1, 0.15) is 12.5 Å². The van der Waals surface area contributed by atoms with Crippen molar-refractivity contribution in [2.45, 2.75) is 20.4 Å². The van der Waals surface area contributed by atoms with Gasteiger partial charge in [-0.2, -0.15) is 10.2 Å². The number of nitrogens with zero attached hydrogens (tertiary/aromatic N) is 7. The zero-order valence-electron chi connectivity index (χ0n) is 15.6. The van der Waals surface area contributed by atoms with Gasteiger partial charge in [-0.1, -0.05) is 0 Å². The lowest BCUT2D eigenvalue weighted by Crippen LogP contribution is -2.55. The molecule has 9 nitrogen and oxygen atoms in total. The highest BCUT2D eigenvalue weighted by atomic mass is 16.2. The minimum absolute atomic E-state index is 0.0533. The van der Waals surface area contributed by atoms with Crippen molar-refractivity contribution in [3.8, 4) is 0 Å². The summed E-state index contributed by atoms with van der Waals surface area (Å²) in [5.74, 6) is 0.827. The zero-order valence-corrected chi connectivity index (χ0v) is 15.6. The monoisotopic (exact) mass is 358 g/mol. The van der Waals surface area contributed by atoms with Gasteiger partial charge in [0.05, 0.1) is 31.2 Å². The van der Waals surface area contributed by atoms with Crippen LogP contribution in [-0.4, -0.2) is 69.1 Å². The van der Waals surface area contributed by atoms with Crippen molar-refractivity contribution in [2.24, 2.45) is 12.0 Å². The third kappa shape index (κ3) is 4.22. The van der Waals surface area contributed by atoms with Crippen molar-refractivity contribution >= 4 is 17.6 Å². The molecule has 26 heavy (non-hydrogen) atoms. The summed E-state index contributed by atoms with van der Waals surface area (Å²) in [6.45, 7) is 7.79. The number of carbonyl (C=O) groups is 1. The summed E-state index contributed by atoms with van der Waals surface area (Å²) in [5.41, 5.74) is 1.98. The summed E-state index contributed by atoms with van der Waals surface area (Å²) in [5, 5.41) is 11.7. The molecule has 0 atom stereocenters. The van der Waals surface area contributed by atoms with Gasteiger partial charge in [-0.3, -0.25) is 19.2 Å². The lowest BCUT2D eigenvalue weighted by molar-refractivity contribution is -0.120. The van der Waals surface area contributed by atoms with E-state index in [4.69, 9.17) is 0 Å². The van der Waals surface area contributed by atoms with Gasteiger partial charge < -0.3 is 15.1 Å². The molecule has 1 aliphatic rings. The first-order chi connectivity index (χ1) is 12.6. The molecule has 1 fully saturated rings. The van der Waals surface area contributed by atoms with Gasteiger partial charge in [-0.05, 0) is 19.4 Å². The number of piperazine rings is 1. The van der Waals surface area contributed by atoms with Crippen LogP contribution in [0, 0.1) is 6.92 Å². The van der Waals surface area contributed by atoms with Crippen molar-refractivity contribution in [3.63, 3.8) is 0 Å². The zero-order chi connectivity index (χ0) is 18.5. The van der Waals surface area contributed by atoms with Crippen LogP contribution >= 0.6 is 0 Å². The van der Waals surface area contributed by atoms with Crippen LogP contribution in [0.2, 0.25) is 0 Å². The topological polar surface area (TPSA) is 83.6 Å². The Hall–Kier alpha value is -2.84. The van der Waals surface area contributed by atoms with Gasteiger partial charge in [0.15, 0.2) is 5.96 Å². The van der Waals surface area contributed by atoms with Gasteiger partial charge in [0, 0.05) is 39.1 Å². The van der Waals surface area contributed by atoms with Gasteiger partial charge in [0.1, 0.15) is 6.54 Å². The molecule has 2 aromatic rings. The summed E-state index contributed by atoms with van der Waals surface area (Å²) in [7, 11) is 1.85. The van der Waals surface area contributed by atoms with Gasteiger partial charge in [-0.25, -0.2) is 0 Å². The normalized spacial score (nSPS) is 15.7. The van der Waals surface area contributed by atoms with E-state index in [0.29, 0.717) is 26.2 Å². The molecule has 1 amide bonds. The third-order valence-electron chi connectivity index (χ3n) is 4.21. The second-order valence-electron chi connectivity index (χ2n) is 6.36. The number of nitrogens with one attached hydrogen (secondary N) is 1. The number of hydrogen-bond donors (Lipinski definition) is 1. The number of aliphatic imine (C=N–C) groups is 1. The summed E-state index contributed by atoms with van der Waals surface area (Å²) in [6.07, 6.45) is 7.42. The van der Waals surface area contributed by atoms with E-state index >= 15 is 0 Å². The SMILES string of the molecule is CCNC(=NCCn1cc(C)cn1)N1CCN(c2cnn(C)c2)C(=O)C1. The largest absolute Gasteiger partial charge is 0.357 e. The van der Waals surface area contributed by atoms with E-state index in [9.17, 15) is 4.79 Å². The molecule has 0 aliphatic carbocycles. The molecule has 1 saturated heterocycles. The molecule has 3 heterocycles. The molecule has 9 heteroatoms. The van der Waals surface area contributed by atoms with E-state index in [1.165, 1.54) is 0 Å². The molecule has 0 unspecified atom stereocenters. The van der Waals surface area contributed by atoms with Gasteiger partial charge >= 0.3 is 0 Å². The molecule has 3 rings (SSSR count). The number of rotatable bonds is 5. The highest BCUT2D eigenvalue weighted by Gasteiger charge is 2.27. The summed E-state index contributed by atoms with van der Waals surface area (Å²) in [6, 6.07) is 0. The van der Waals surface area contributed by atoms with E-state index in [1.807, 2.05) is 49.1 Å². The predicted molar refractivity (Wildman–Crippen MR) is 100 cm³/mol. The summed E-state index contributed by atoms with van der Waals surface area (Å²) in [4.78, 5) is 21.0. The molecule has 140 valence electrons. The number of aryl methyl sites for hydroxylation is 2. The molecule has 0 bridgehead atoms. The fraction of sp³-hybridized carbons (Fsp3) is 0.529. The first-order valence-electron chi connectivity index (χ1n) is 8.88.